The van der Waals surface area contributed by atoms with Crippen LogP contribution < -0.4 is 15.0 Å². The lowest BCUT2D eigenvalue weighted by molar-refractivity contribution is -0.164. The monoisotopic (exact) mass is 851 g/mol. The van der Waals surface area contributed by atoms with Crippen molar-refractivity contribution in [2.75, 3.05) is 24.5 Å². The summed E-state index contributed by atoms with van der Waals surface area (Å²) in [6, 6.07) is 15.3. The van der Waals surface area contributed by atoms with Gasteiger partial charge >= 0.3 is 0 Å². The van der Waals surface area contributed by atoms with Crippen molar-refractivity contribution < 1.29 is 14.3 Å². The second-order valence-electron chi connectivity index (χ2n) is 18.1. The molecular formula is C47H50ClN11O3. The highest BCUT2D eigenvalue weighted by Crippen LogP contribution is 2.55. The van der Waals surface area contributed by atoms with Crippen LogP contribution in [-0.4, -0.2) is 83.0 Å². The minimum absolute atomic E-state index is 0.0796. The van der Waals surface area contributed by atoms with Gasteiger partial charge in [0, 0.05) is 129 Å². The molecule has 0 spiro atoms. The molecule has 2 fully saturated rings. The van der Waals surface area contributed by atoms with Crippen LogP contribution in [0.4, 0.5) is 5.95 Å². The van der Waals surface area contributed by atoms with Crippen LogP contribution in [0.25, 0.3) is 33.3 Å². The smallest absolute Gasteiger partial charge is 0.254 e. The average Bonchev–Trinajstić information content (AvgIpc) is 3.88. The maximum Gasteiger partial charge on any atom is 0.254 e. The second-order valence-corrected chi connectivity index (χ2v) is 18.5. The van der Waals surface area contributed by atoms with E-state index in [1.807, 2.05) is 33.7 Å². The first-order chi connectivity index (χ1) is 29.7. The van der Waals surface area contributed by atoms with Gasteiger partial charge in [0.15, 0.2) is 0 Å². The van der Waals surface area contributed by atoms with Gasteiger partial charge < -0.3 is 19.9 Å². The topological polar surface area (TPSA) is 160 Å². The number of carbonyl (C=O) groups is 2. The van der Waals surface area contributed by atoms with E-state index in [-0.39, 0.29) is 34.8 Å². The highest BCUT2D eigenvalue weighted by Gasteiger charge is 2.64. The predicted octanol–water partition coefficient (Wildman–Crippen LogP) is 7.25. The Kier molecular flexibility index (Phi) is 10.5. The first-order valence-corrected chi connectivity index (χ1v) is 21.6. The van der Waals surface area contributed by atoms with Crippen molar-refractivity contribution >= 4 is 40.1 Å². The van der Waals surface area contributed by atoms with E-state index in [1.165, 1.54) is 5.69 Å². The lowest BCUT2D eigenvalue weighted by atomic mass is 9.49. The maximum atomic E-state index is 13.5. The van der Waals surface area contributed by atoms with Crippen LogP contribution in [0.5, 0.6) is 5.75 Å². The number of ether oxygens (including phenoxy) is 1. The molecular weight excluding hydrogens is 802 g/mol. The Bertz CT molecular complexity index is 2730. The minimum Gasteiger partial charge on any atom is -0.489 e. The molecule has 0 bridgehead atoms. The third-order valence-corrected chi connectivity index (χ3v) is 13.6. The Balaban J connectivity index is 0.792. The zero-order valence-electron chi connectivity index (χ0n) is 35.9. The van der Waals surface area contributed by atoms with Crippen molar-refractivity contribution in [3.8, 4) is 34.3 Å². The number of amides is 2. The van der Waals surface area contributed by atoms with Gasteiger partial charge in [-0.2, -0.15) is 15.5 Å². The number of aromatic nitrogens is 7. The summed E-state index contributed by atoms with van der Waals surface area (Å²) in [6.07, 6.45) is 11.6. The molecule has 2 amide bonds. The van der Waals surface area contributed by atoms with E-state index in [0.717, 1.165) is 77.7 Å². The van der Waals surface area contributed by atoms with E-state index in [9.17, 15) is 14.9 Å². The number of nitriles is 1. The second kappa shape index (κ2) is 15.9. The van der Waals surface area contributed by atoms with E-state index in [2.05, 4.69) is 84.4 Å². The average molecular weight is 852 g/mol. The van der Waals surface area contributed by atoms with Crippen LogP contribution in [-0.2, 0) is 31.4 Å². The largest absolute Gasteiger partial charge is 0.489 e. The molecule has 1 saturated heterocycles. The molecule has 1 aliphatic carbocycles. The van der Waals surface area contributed by atoms with Crippen LogP contribution in [0.3, 0.4) is 0 Å². The van der Waals surface area contributed by atoms with Gasteiger partial charge in [0.05, 0.1) is 33.7 Å². The molecule has 62 heavy (non-hydrogen) atoms. The summed E-state index contributed by atoms with van der Waals surface area (Å²) in [7, 11) is 1.98. The Labute approximate surface area is 365 Å². The van der Waals surface area contributed by atoms with Crippen molar-refractivity contribution in [3.63, 3.8) is 0 Å². The zero-order valence-corrected chi connectivity index (χ0v) is 36.6. The number of halogens is 1. The molecule has 4 aromatic heterocycles. The lowest BCUT2D eigenvalue weighted by Crippen LogP contribution is -2.74. The molecule has 2 aliphatic heterocycles. The van der Waals surface area contributed by atoms with E-state index in [1.54, 1.807) is 37.5 Å². The van der Waals surface area contributed by atoms with Crippen molar-refractivity contribution in [1.29, 1.82) is 5.26 Å². The van der Waals surface area contributed by atoms with Crippen LogP contribution in [0.1, 0.15) is 74.6 Å². The minimum atomic E-state index is -0.385. The molecule has 0 atom stereocenters. The van der Waals surface area contributed by atoms with E-state index >= 15 is 0 Å². The summed E-state index contributed by atoms with van der Waals surface area (Å²) in [4.78, 5) is 43.9. The summed E-state index contributed by atoms with van der Waals surface area (Å²) < 4.78 is 10.4. The summed E-state index contributed by atoms with van der Waals surface area (Å²) in [5, 5.41) is 24.5. The van der Waals surface area contributed by atoms with Gasteiger partial charge in [-0.3, -0.25) is 23.9 Å². The fourth-order valence-corrected chi connectivity index (χ4v) is 10.4. The van der Waals surface area contributed by atoms with Crippen LogP contribution in [0.15, 0.2) is 73.4 Å². The lowest BCUT2D eigenvalue weighted by Gasteiger charge is -2.63. The predicted molar refractivity (Wildman–Crippen MR) is 236 cm³/mol. The first-order valence-electron chi connectivity index (χ1n) is 21.2. The Morgan fingerprint density at radius 2 is 1.74 bits per heavy atom. The molecule has 1 saturated carbocycles. The summed E-state index contributed by atoms with van der Waals surface area (Å²) in [6.45, 7) is 13.6. The van der Waals surface area contributed by atoms with Gasteiger partial charge in [0.25, 0.3) is 5.91 Å². The number of fused-ring (bicyclic) bond motifs is 2. The molecule has 0 radical (unpaired) electrons. The Morgan fingerprint density at radius 1 is 0.984 bits per heavy atom. The highest BCUT2D eigenvalue weighted by molar-refractivity contribution is 6.31. The van der Waals surface area contributed by atoms with Gasteiger partial charge in [-0.05, 0) is 42.3 Å². The molecule has 6 heterocycles. The number of pyridine rings is 1. The van der Waals surface area contributed by atoms with E-state index in [0.29, 0.717) is 46.9 Å². The van der Waals surface area contributed by atoms with Crippen molar-refractivity contribution in [3.05, 3.63) is 101 Å². The summed E-state index contributed by atoms with van der Waals surface area (Å²) in [5.41, 5.74) is 6.07. The van der Waals surface area contributed by atoms with Gasteiger partial charge in [-0.15, -0.1) is 0 Å². The van der Waals surface area contributed by atoms with E-state index < -0.39 is 0 Å². The van der Waals surface area contributed by atoms with Gasteiger partial charge in [-0.25, -0.2) is 9.97 Å². The molecule has 1 N–H and O–H groups in total. The van der Waals surface area contributed by atoms with Gasteiger partial charge in [-0.1, -0.05) is 57.5 Å². The SMILES string of the molecule is CC(=O)N1CCc2c(c(-c3cccc4cc(-c5cnn(CC6CCN(c7ncc(C(=O)NC8C(C)(C)C(Oc9ccc(C#N)c(Cl)c9)C8(C)C)cn7)CC6)c5)ncc34)nn2C)C1. The molecule has 0 unspecified atom stereocenters. The number of nitrogens with one attached hydrogen (secondary N) is 1. The first kappa shape index (κ1) is 41.0. The third kappa shape index (κ3) is 7.42. The van der Waals surface area contributed by atoms with Crippen molar-refractivity contribution in [1.82, 2.24) is 44.7 Å². The summed E-state index contributed by atoms with van der Waals surface area (Å²) in [5.74, 6) is 1.50. The van der Waals surface area contributed by atoms with Gasteiger partial charge in [0.1, 0.15) is 17.9 Å². The fraction of sp³-hybridized carbons (Fsp3) is 0.404. The number of carbonyl (C=O) groups excluding carboxylic acids is 2. The number of aryl methyl sites for hydroxylation is 1. The quantitative estimate of drug-likeness (QED) is 0.157. The summed E-state index contributed by atoms with van der Waals surface area (Å²) >= 11 is 6.26. The Morgan fingerprint density at radius 3 is 2.45 bits per heavy atom. The molecule has 2 aromatic carbocycles. The number of hydrogen-bond acceptors (Lipinski definition) is 10. The third-order valence-electron chi connectivity index (χ3n) is 13.3. The van der Waals surface area contributed by atoms with Crippen molar-refractivity contribution in [2.45, 2.75) is 79.1 Å². The van der Waals surface area contributed by atoms with Crippen LogP contribution >= 0.6 is 11.6 Å². The van der Waals surface area contributed by atoms with Crippen LogP contribution in [0, 0.1) is 28.1 Å². The van der Waals surface area contributed by atoms with Gasteiger partial charge in [0.2, 0.25) is 11.9 Å². The number of nitrogens with zero attached hydrogens (tertiary/aromatic N) is 10. The molecule has 3 aliphatic rings. The molecule has 6 aromatic rings. The number of benzene rings is 2. The van der Waals surface area contributed by atoms with Crippen molar-refractivity contribution in [2.24, 2.45) is 23.8 Å². The number of hydrogen-bond donors (Lipinski definition) is 1. The molecule has 9 rings (SSSR count). The number of piperidine rings is 1. The Hall–Kier alpha value is -6.33. The maximum absolute atomic E-state index is 13.5. The van der Waals surface area contributed by atoms with E-state index in [4.69, 9.17) is 31.5 Å². The highest BCUT2D eigenvalue weighted by atomic mass is 35.5. The molecule has 14 nitrogen and oxygen atoms in total. The normalized spacial score (nSPS) is 19.4. The zero-order chi connectivity index (χ0) is 43.5. The fourth-order valence-electron chi connectivity index (χ4n) is 10.2. The standard InChI is InChI=1S/C47H50ClN11O3/c1-28(60)58-17-14-40-37(27-58)41(55-56(40)6)35-9-7-8-30-18-39(50-24-36(30)35)33-23-53-59(26-33)25-29-12-15-57(16-13-29)45-51-21-32(22-52-45)42(61)54-43-46(2,3)44(47(43,4)5)62-34-11-10-31(20-49)38(48)19-34/h7-11,18-19,21-24,26,29,43-44H,12-17,25,27H2,1-6H3,(H,54,61). The molecule has 318 valence electrons. The number of anilines is 1. The number of rotatable bonds is 9. The molecule has 15 heteroatoms. The van der Waals surface area contributed by atoms with Crippen LogP contribution in [0.2, 0.25) is 5.02 Å².